The van der Waals surface area contributed by atoms with Crippen LogP contribution in [-0.4, -0.2) is 50.7 Å². The highest BCUT2D eigenvalue weighted by atomic mass is 16.5. The zero-order valence-corrected chi connectivity index (χ0v) is 16.1. The molecule has 1 amide bonds. The van der Waals surface area contributed by atoms with Crippen molar-refractivity contribution >= 4 is 11.6 Å². The Morgan fingerprint density at radius 3 is 2.56 bits per heavy atom. The molecular weight excluding hydrogens is 340 g/mol. The fourth-order valence-electron chi connectivity index (χ4n) is 3.68. The molecule has 6 nitrogen and oxygen atoms in total. The summed E-state index contributed by atoms with van der Waals surface area (Å²) in [6.45, 7) is 9.32. The zero-order chi connectivity index (χ0) is 19.1. The summed E-state index contributed by atoms with van der Waals surface area (Å²) in [6, 6.07) is 8.24. The third-order valence-corrected chi connectivity index (χ3v) is 5.14. The molecule has 3 aromatic rings. The van der Waals surface area contributed by atoms with Gasteiger partial charge in [0.1, 0.15) is 5.56 Å². The Morgan fingerprint density at radius 1 is 1.11 bits per heavy atom. The van der Waals surface area contributed by atoms with Gasteiger partial charge in [-0.1, -0.05) is 12.1 Å². The van der Waals surface area contributed by atoms with Crippen LogP contribution in [0, 0.1) is 13.8 Å². The lowest BCUT2D eigenvalue weighted by Crippen LogP contribution is -2.48. The minimum Gasteiger partial charge on any atom is -0.372 e. The first-order valence-electron chi connectivity index (χ1n) is 9.29. The van der Waals surface area contributed by atoms with E-state index in [1.54, 1.807) is 16.9 Å². The number of nitrogens with zero attached hydrogens (tertiary/aromatic N) is 4. The monoisotopic (exact) mass is 364 g/mol. The first-order chi connectivity index (χ1) is 12.9. The van der Waals surface area contributed by atoms with Crippen molar-refractivity contribution in [3.05, 3.63) is 53.3 Å². The molecule has 2 unspecified atom stereocenters. The molecule has 1 aliphatic rings. The second-order valence-electron chi connectivity index (χ2n) is 7.39. The van der Waals surface area contributed by atoms with Gasteiger partial charge in [-0.2, -0.15) is 5.10 Å². The van der Waals surface area contributed by atoms with E-state index < -0.39 is 0 Å². The van der Waals surface area contributed by atoms with Crippen LogP contribution >= 0.6 is 0 Å². The Kier molecular flexibility index (Phi) is 4.44. The molecule has 1 saturated heterocycles. The maximum atomic E-state index is 13.1. The number of fused-ring (bicyclic) bond motifs is 1. The highest BCUT2D eigenvalue weighted by molar-refractivity contribution is 6.00. The maximum absolute atomic E-state index is 13.1. The highest BCUT2D eigenvalue weighted by Crippen LogP contribution is 2.24. The molecule has 27 heavy (non-hydrogen) atoms. The Bertz CT molecular complexity index is 1000. The molecule has 0 spiro atoms. The first kappa shape index (κ1) is 17.7. The number of hydrogen-bond acceptors (Lipinski definition) is 4. The summed E-state index contributed by atoms with van der Waals surface area (Å²) in [5.74, 6) is -0.0447. The van der Waals surface area contributed by atoms with E-state index >= 15 is 0 Å². The highest BCUT2D eigenvalue weighted by Gasteiger charge is 2.28. The third-order valence-electron chi connectivity index (χ3n) is 5.14. The summed E-state index contributed by atoms with van der Waals surface area (Å²) >= 11 is 0. The average molecular weight is 364 g/mol. The van der Waals surface area contributed by atoms with Gasteiger partial charge in [0, 0.05) is 24.8 Å². The molecule has 1 aliphatic heterocycles. The standard InChI is InChI=1S/C21H24N4O2/c1-13-5-6-17(9-14(13)2)19-7-8-22-20-18(10-23-25(19)20)21(26)24-11-15(3)27-16(4)12-24/h5-10,15-16H,11-12H2,1-4H3. The number of benzene rings is 1. The van der Waals surface area contributed by atoms with E-state index in [1.165, 1.54) is 11.1 Å². The molecule has 2 aromatic heterocycles. The van der Waals surface area contributed by atoms with E-state index in [0.717, 1.165) is 11.3 Å². The number of carbonyl (C=O) groups is 1. The summed E-state index contributed by atoms with van der Waals surface area (Å²) in [7, 11) is 0. The number of ether oxygens (including phenoxy) is 1. The van der Waals surface area contributed by atoms with Gasteiger partial charge in [-0.3, -0.25) is 4.79 Å². The number of aromatic nitrogens is 3. The van der Waals surface area contributed by atoms with Gasteiger partial charge in [-0.05, 0) is 51.0 Å². The molecular formula is C21H24N4O2. The first-order valence-corrected chi connectivity index (χ1v) is 9.29. The predicted molar refractivity (Wildman–Crippen MR) is 104 cm³/mol. The SMILES string of the molecule is Cc1ccc(-c2ccnc3c(C(=O)N4CC(C)OC(C)C4)cnn23)cc1C. The fraction of sp³-hybridized carbons (Fsp3) is 0.381. The second-order valence-corrected chi connectivity index (χ2v) is 7.39. The molecule has 1 aromatic carbocycles. The number of hydrogen-bond donors (Lipinski definition) is 0. The predicted octanol–water partition coefficient (Wildman–Crippen LogP) is 3.26. The van der Waals surface area contributed by atoms with Gasteiger partial charge in [0.25, 0.3) is 5.91 Å². The van der Waals surface area contributed by atoms with Crippen LogP contribution in [0.2, 0.25) is 0 Å². The van der Waals surface area contributed by atoms with Crippen LogP contribution in [0.4, 0.5) is 0 Å². The Labute approximate surface area is 158 Å². The lowest BCUT2D eigenvalue weighted by Gasteiger charge is -2.35. The van der Waals surface area contributed by atoms with Crippen molar-refractivity contribution in [2.24, 2.45) is 0 Å². The van der Waals surface area contributed by atoms with E-state index in [1.807, 2.05) is 24.8 Å². The number of amides is 1. The molecule has 2 atom stereocenters. The van der Waals surface area contributed by atoms with E-state index in [-0.39, 0.29) is 18.1 Å². The average Bonchev–Trinajstić information content (AvgIpc) is 3.06. The van der Waals surface area contributed by atoms with Crippen LogP contribution in [0.5, 0.6) is 0 Å². The van der Waals surface area contributed by atoms with Gasteiger partial charge >= 0.3 is 0 Å². The Balaban J connectivity index is 1.74. The van der Waals surface area contributed by atoms with Crippen molar-refractivity contribution in [1.29, 1.82) is 0 Å². The Hall–Kier alpha value is -2.73. The van der Waals surface area contributed by atoms with Crippen LogP contribution < -0.4 is 0 Å². The summed E-state index contributed by atoms with van der Waals surface area (Å²) in [5.41, 5.74) is 5.56. The van der Waals surface area contributed by atoms with Gasteiger partial charge in [0.05, 0.1) is 24.1 Å². The molecule has 0 saturated carbocycles. The van der Waals surface area contributed by atoms with Crippen LogP contribution in [-0.2, 0) is 4.74 Å². The number of aryl methyl sites for hydroxylation is 2. The largest absolute Gasteiger partial charge is 0.372 e. The molecule has 140 valence electrons. The summed E-state index contributed by atoms with van der Waals surface area (Å²) in [4.78, 5) is 19.4. The molecule has 0 aliphatic carbocycles. The van der Waals surface area contributed by atoms with Gasteiger partial charge in [0.15, 0.2) is 5.65 Å². The fourth-order valence-corrected chi connectivity index (χ4v) is 3.68. The summed E-state index contributed by atoms with van der Waals surface area (Å²) in [5, 5.41) is 4.48. The Morgan fingerprint density at radius 2 is 1.85 bits per heavy atom. The van der Waals surface area contributed by atoms with E-state index in [0.29, 0.717) is 24.3 Å². The van der Waals surface area contributed by atoms with Crippen LogP contribution in [0.3, 0.4) is 0 Å². The van der Waals surface area contributed by atoms with Crippen molar-refractivity contribution in [2.45, 2.75) is 39.9 Å². The topological polar surface area (TPSA) is 59.7 Å². The van der Waals surface area contributed by atoms with Gasteiger partial charge in [-0.25, -0.2) is 9.50 Å². The number of morpholine rings is 1. The van der Waals surface area contributed by atoms with Crippen LogP contribution in [0.25, 0.3) is 16.9 Å². The minimum atomic E-state index is -0.0447. The molecule has 6 heteroatoms. The van der Waals surface area contributed by atoms with E-state index in [4.69, 9.17) is 4.74 Å². The maximum Gasteiger partial charge on any atom is 0.259 e. The molecule has 4 rings (SSSR count). The van der Waals surface area contributed by atoms with Crippen LogP contribution in [0.15, 0.2) is 36.7 Å². The van der Waals surface area contributed by atoms with Crippen LogP contribution in [0.1, 0.15) is 35.3 Å². The number of rotatable bonds is 2. The van der Waals surface area contributed by atoms with E-state index in [9.17, 15) is 4.79 Å². The summed E-state index contributed by atoms with van der Waals surface area (Å²) in [6.07, 6.45) is 3.42. The van der Waals surface area contributed by atoms with Gasteiger partial charge in [-0.15, -0.1) is 0 Å². The minimum absolute atomic E-state index is 0.0265. The lowest BCUT2D eigenvalue weighted by atomic mass is 10.0. The van der Waals surface area contributed by atoms with Crippen molar-refractivity contribution in [3.63, 3.8) is 0 Å². The van der Waals surface area contributed by atoms with Gasteiger partial charge < -0.3 is 9.64 Å². The molecule has 0 radical (unpaired) electrons. The van der Waals surface area contributed by atoms with Crippen molar-refractivity contribution in [3.8, 4) is 11.3 Å². The molecule has 0 bridgehead atoms. The molecule has 0 N–H and O–H groups in total. The zero-order valence-electron chi connectivity index (χ0n) is 16.1. The number of carbonyl (C=O) groups excluding carboxylic acids is 1. The van der Waals surface area contributed by atoms with E-state index in [2.05, 4.69) is 42.1 Å². The molecule has 3 heterocycles. The molecule has 1 fully saturated rings. The van der Waals surface area contributed by atoms with Crippen molar-refractivity contribution < 1.29 is 9.53 Å². The van der Waals surface area contributed by atoms with Gasteiger partial charge in [0.2, 0.25) is 0 Å². The second kappa shape index (κ2) is 6.78. The van der Waals surface area contributed by atoms with Crippen molar-refractivity contribution in [2.75, 3.05) is 13.1 Å². The summed E-state index contributed by atoms with van der Waals surface area (Å²) < 4.78 is 7.49. The quantitative estimate of drug-likeness (QED) is 0.700. The lowest BCUT2D eigenvalue weighted by molar-refractivity contribution is -0.0585. The van der Waals surface area contributed by atoms with Crippen molar-refractivity contribution in [1.82, 2.24) is 19.5 Å². The normalized spacial score (nSPS) is 20.2. The third kappa shape index (κ3) is 3.21. The smallest absolute Gasteiger partial charge is 0.259 e.